The van der Waals surface area contributed by atoms with Crippen LogP contribution in [0.5, 0.6) is 0 Å². The minimum Gasteiger partial charge on any atom is -0.476 e. The molecule has 4 rings (SSSR count). The maximum atomic E-state index is 12.6. The van der Waals surface area contributed by atoms with Crippen molar-refractivity contribution in [3.05, 3.63) is 48.7 Å². The van der Waals surface area contributed by atoms with Gasteiger partial charge in [0, 0.05) is 17.8 Å². The Kier molecular flexibility index (Phi) is 7.32. The normalized spacial score (nSPS) is 17.8. The second-order valence-corrected chi connectivity index (χ2v) is 6.27. The summed E-state index contributed by atoms with van der Waals surface area (Å²) in [5, 5.41) is 22.4. The van der Waals surface area contributed by atoms with E-state index in [2.05, 4.69) is 30.9 Å². The minimum absolute atomic E-state index is 0. The Balaban J connectivity index is 0.00000150. The number of nitrogens with zero attached hydrogens (tertiary/aromatic N) is 4. The molecular formula is C17H19Cl2N7O3. The molecule has 2 atom stereocenters. The highest BCUT2D eigenvalue weighted by atomic mass is 35.5. The molecule has 0 aliphatic carbocycles. The fraction of sp³-hybridized carbons (Fsp3) is 0.235. The number of carbonyl (C=O) groups excluding carboxylic acids is 1. The van der Waals surface area contributed by atoms with Gasteiger partial charge in [-0.1, -0.05) is 17.3 Å². The highest BCUT2D eigenvalue weighted by Gasteiger charge is 2.31. The molecule has 0 bridgehead atoms. The van der Waals surface area contributed by atoms with E-state index in [0.717, 1.165) is 11.3 Å². The first-order valence-corrected chi connectivity index (χ1v) is 8.38. The van der Waals surface area contributed by atoms with E-state index in [0.29, 0.717) is 18.7 Å². The molecule has 3 heterocycles. The number of amides is 1. The molecule has 154 valence electrons. The van der Waals surface area contributed by atoms with Gasteiger partial charge in [-0.25, -0.2) is 14.5 Å². The fourth-order valence-corrected chi connectivity index (χ4v) is 3.08. The molecule has 0 radical (unpaired) electrons. The summed E-state index contributed by atoms with van der Waals surface area (Å²) >= 11 is 0. The van der Waals surface area contributed by atoms with Crippen molar-refractivity contribution in [3.8, 4) is 11.3 Å². The predicted octanol–water partition coefficient (Wildman–Crippen LogP) is 1.75. The predicted molar refractivity (Wildman–Crippen MR) is 110 cm³/mol. The van der Waals surface area contributed by atoms with Gasteiger partial charge in [0.05, 0.1) is 36.5 Å². The number of anilines is 1. The molecule has 0 spiro atoms. The Morgan fingerprint density at radius 1 is 1.28 bits per heavy atom. The third-order valence-electron chi connectivity index (χ3n) is 4.47. The number of carboxylic acids is 1. The summed E-state index contributed by atoms with van der Waals surface area (Å²) in [5.41, 5.74) is 2.36. The van der Waals surface area contributed by atoms with Crippen LogP contribution >= 0.6 is 24.8 Å². The third-order valence-corrected chi connectivity index (χ3v) is 4.47. The lowest BCUT2D eigenvalue weighted by atomic mass is 10.1. The summed E-state index contributed by atoms with van der Waals surface area (Å²) in [7, 11) is 0. The molecular weight excluding hydrogens is 421 g/mol. The van der Waals surface area contributed by atoms with Crippen LogP contribution < -0.4 is 10.6 Å². The molecule has 3 aromatic rings. The summed E-state index contributed by atoms with van der Waals surface area (Å²) in [6, 6.07) is 6.95. The van der Waals surface area contributed by atoms with Crippen LogP contribution in [0.25, 0.3) is 11.3 Å². The van der Waals surface area contributed by atoms with Gasteiger partial charge >= 0.3 is 5.97 Å². The summed E-state index contributed by atoms with van der Waals surface area (Å²) in [5.74, 6) is -1.28. The zero-order valence-electron chi connectivity index (χ0n) is 15.0. The van der Waals surface area contributed by atoms with Gasteiger partial charge in [-0.3, -0.25) is 4.79 Å². The van der Waals surface area contributed by atoms with E-state index in [-0.39, 0.29) is 42.5 Å². The van der Waals surface area contributed by atoms with Gasteiger partial charge < -0.3 is 20.7 Å². The van der Waals surface area contributed by atoms with E-state index in [1.807, 2.05) is 24.3 Å². The molecule has 10 nitrogen and oxygen atoms in total. The second kappa shape index (κ2) is 9.50. The van der Waals surface area contributed by atoms with E-state index >= 15 is 0 Å². The van der Waals surface area contributed by atoms with Gasteiger partial charge in [-0.15, -0.1) is 29.9 Å². The number of hydrogen-bond donors (Lipinski definition) is 4. The number of imidazole rings is 1. The van der Waals surface area contributed by atoms with Crippen LogP contribution in [0.1, 0.15) is 23.0 Å². The van der Waals surface area contributed by atoms with E-state index in [4.69, 9.17) is 5.11 Å². The molecule has 2 aromatic heterocycles. The quantitative estimate of drug-likeness (QED) is 0.474. The van der Waals surface area contributed by atoms with Crippen molar-refractivity contribution < 1.29 is 14.7 Å². The van der Waals surface area contributed by atoms with Gasteiger partial charge in [-0.2, -0.15) is 0 Å². The van der Waals surface area contributed by atoms with Crippen LogP contribution in [0, 0.1) is 0 Å². The average molecular weight is 440 g/mol. The Morgan fingerprint density at radius 3 is 2.79 bits per heavy atom. The number of aromatic amines is 1. The number of rotatable bonds is 5. The maximum absolute atomic E-state index is 12.6. The first kappa shape index (κ1) is 22.3. The summed E-state index contributed by atoms with van der Waals surface area (Å²) < 4.78 is 1.49. The number of H-pyrrole nitrogens is 1. The second-order valence-electron chi connectivity index (χ2n) is 6.27. The number of benzene rings is 1. The van der Waals surface area contributed by atoms with E-state index < -0.39 is 12.0 Å². The Hall–Kier alpha value is -2.95. The minimum atomic E-state index is -1.13. The monoisotopic (exact) mass is 439 g/mol. The van der Waals surface area contributed by atoms with E-state index in [1.165, 1.54) is 10.9 Å². The van der Waals surface area contributed by atoms with Crippen molar-refractivity contribution in [2.45, 2.75) is 18.5 Å². The first-order valence-electron chi connectivity index (χ1n) is 8.38. The number of carbonyl (C=O) groups is 2. The molecule has 1 amide bonds. The summed E-state index contributed by atoms with van der Waals surface area (Å²) in [6.45, 7) is 0.509. The largest absolute Gasteiger partial charge is 0.476 e. The molecule has 0 saturated carbocycles. The molecule has 1 aromatic carbocycles. The van der Waals surface area contributed by atoms with Crippen LogP contribution in [0.15, 0.2) is 43.0 Å². The zero-order valence-corrected chi connectivity index (χ0v) is 16.6. The zero-order chi connectivity index (χ0) is 18.8. The van der Waals surface area contributed by atoms with Crippen LogP contribution in [0.2, 0.25) is 0 Å². The molecule has 1 fully saturated rings. The molecule has 1 aliphatic rings. The standard InChI is InChI=1S/C17H17N7O3.2ClH/c25-16(21-11-3-1-2-10(4-11)14-7-18-9-20-14)13-5-12(6-19-13)24-8-15(17(26)27)22-23-24;;/h1-4,7-9,12-13,19H,5-6H2,(H,18,20)(H,21,25)(H,26,27);2*1H/t12-,13-;;/m0../s1. The van der Waals surface area contributed by atoms with Gasteiger partial charge in [0.1, 0.15) is 0 Å². The van der Waals surface area contributed by atoms with Gasteiger partial charge in [0.2, 0.25) is 5.91 Å². The van der Waals surface area contributed by atoms with Gasteiger partial charge in [-0.05, 0) is 18.6 Å². The van der Waals surface area contributed by atoms with Crippen LogP contribution in [-0.4, -0.2) is 54.5 Å². The molecule has 12 heteroatoms. The number of nitrogens with one attached hydrogen (secondary N) is 3. The van der Waals surface area contributed by atoms with Crippen LogP contribution in [0.4, 0.5) is 5.69 Å². The highest BCUT2D eigenvalue weighted by Crippen LogP contribution is 2.23. The van der Waals surface area contributed by atoms with Crippen LogP contribution in [0.3, 0.4) is 0 Å². The Morgan fingerprint density at radius 2 is 2.10 bits per heavy atom. The molecule has 1 aliphatic heterocycles. The number of hydrogen-bond acceptors (Lipinski definition) is 6. The van der Waals surface area contributed by atoms with Crippen LogP contribution in [-0.2, 0) is 4.79 Å². The van der Waals surface area contributed by atoms with Crippen molar-refractivity contribution in [3.63, 3.8) is 0 Å². The smallest absolute Gasteiger partial charge is 0.358 e. The number of carboxylic acid groups (broad SMARTS) is 1. The summed E-state index contributed by atoms with van der Waals surface area (Å²) in [6.07, 6.45) is 5.19. The SMILES string of the molecule is Cl.Cl.O=C(O)c1cn([C@@H]2CN[C@H](C(=O)Nc3cccc(-c4cnc[nH]4)c3)C2)nn1. The lowest BCUT2D eigenvalue weighted by Gasteiger charge is -2.12. The lowest BCUT2D eigenvalue weighted by molar-refractivity contribution is -0.117. The summed E-state index contributed by atoms with van der Waals surface area (Å²) in [4.78, 5) is 30.5. The van der Waals surface area contributed by atoms with Gasteiger partial charge in [0.25, 0.3) is 0 Å². The fourth-order valence-electron chi connectivity index (χ4n) is 3.08. The van der Waals surface area contributed by atoms with Gasteiger partial charge in [0.15, 0.2) is 5.69 Å². The third kappa shape index (κ3) is 4.91. The molecule has 4 N–H and O–H groups in total. The lowest BCUT2D eigenvalue weighted by Crippen LogP contribution is -2.35. The van der Waals surface area contributed by atoms with Crippen molar-refractivity contribution in [2.24, 2.45) is 0 Å². The van der Waals surface area contributed by atoms with Crippen molar-refractivity contribution in [2.75, 3.05) is 11.9 Å². The van der Waals surface area contributed by atoms with Crippen molar-refractivity contribution in [1.29, 1.82) is 0 Å². The van der Waals surface area contributed by atoms with E-state index in [1.54, 1.807) is 12.5 Å². The highest BCUT2D eigenvalue weighted by molar-refractivity contribution is 5.95. The van der Waals surface area contributed by atoms with E-state index in [9.17, 15) is 9.59 Å². The molecule has 1 saturated heterocycles. The van der Waals surface area contributed by atoms with Crippen molar-refractivity contribution in [1.82, 2.24) is 30.3 Å². The maximum Gasteiger partial charge on any atom is 0.358 e. The topological polar surface area (TPSA) is 138 Å². The first-order chi connectivity index (χ1) is 13.1. The number of aromatic nitrogens is 5. The van der Waals surface area contributed by atoms with Crippen molar-refractivity contribution >= 4 is 42.4 Å². The molecule has 29 heavy (non-hydrogen) atoms. The molecule has 0 unspecified atom stereocenters. The Labute approximate surface area is 177 Å². The number of aromatic carboxylic acids is 1. The number of halogens is 2. The Bertz CT molecular complexity index is 977. The average Bonchev–Trinajstić information content (AvgIpc) is 3.42.